The minimum Gasteiger partial charge on any atom is -0.225 e. The third-order valence-electron chi connectivity index (χ3n) is 1.80. The van der Waals surface area contributed by atoms with Gasteiger partial charge >= 0.3 is 6.18 Å². The summed E-state index contributed by atoms with van der Waals surface area (Å²) in [6, 6.07) is 2.00. The van der Waals surface area contributed by atoms with Gasteiger partial charge in [-0.2, -0.15) is 13.2 Å². The Labute approximate surface area is 104 Å². The zero-order valence-corrected chi connectivity index (χ0v) is 10.9. The zero-order valence-electron chi connectivity index (χ0n) is 7.97. The van der Waals surface area contributed by atoms with Crippen LogP contribution in [-0.4, -0.2) is 8.42 Å². The maximum absolute atomic E-state index is 12.6. The van der Waals surface area contributed by atoms with E-state index in [1.807, 2.05) is 0 Å². The molecule has 1 aromatic rings. The molecule has 0 atom stereocenters. The van der Waals surface area contributed by atoms with Crippen LogP contribution in [0.5, 0.6) is 0 Å². The van der Waals surface area contributed by atoms with Gasteiger partial charge in [0, 0.05) is 3.57 Å². The van der Waals surface area contributed by atoms with Crippen molar-refractivity contribution < 1.29 is 21.6 Å². The van der Waals surface area contributed by atoms with E-state index in [-0.39, 0.29) is 5.56 Å². The summed E-state index contributed by atoms with van der Waals surface area (Å²) < 4.78 is 59.4. The van der Waals surface area contributed by atoms with Crippen molar-refractivity contribution in [1.29, 1.82) is 0 Å². The first-order valence-electron chi connectivity index (χ1n) is 3.93. The fourth-order valence-corrected chi connectivity index (χ4v) is 3.40. The monoisotopic (exact) mass is 365 g/mol. The smallest absolute Gasteiger partial charge is 0.225 e. The number of halogens is 4. The number of sulfonamides is 1. The van der Waals surface area contributed by atoms with Crippen molar-refractivity contribution in [2.75, 3.05) is 0 Å². The second-order valence-corrected chi connectivity index (χ2v) is 5.78. The Hall–Kier alpha value is -0.350. The molecule has 3 nitrogen and oxygen atoms in total. The molecule has 0 aliphatic carbocycles. The van der Waals surface area contributed by atoms with E-state index in [0.717, 1.165) is 12.1 Å². The first kappa shape index (κ1) is 13.7. The number of aryl methyl sites for hydroxylation is 1. The molecule has 8 heteroatoms. The molecule has 1 rings (SSSR count). The van der Waals surface area contributed by atoms with Gasteiger partial charge in [-0.25, -0.2) is 13.6 Å². The molecular formula is C8H7F3INO2S. The minimum atomic E-state index is -4.60. The summed E-state index contributed by atoms with van der Waals surface area (Å²) in [4.78, 5) is -0.500. The van der Waals surface area contributed by atoms with Crippen molar-refractivity contribution in [3.05, 3.63) is 26.8 Å². The second-order valence-electron chi connectivity index (χ2n) is 3.17. The lowest BCUT2D eigenvalue weighted by Gasteiger charge is -2.12. The standard InChI is InChI=1S/C8H7F3INO2S/c1-4-2-5(8(9,10)11)7(12)6(3-4)16(13,14)15/h2-3H,1H3,(H2,13,14,15). The van der Waals surface area contributed by atoms with E-state index < -0.39 is 30.2 Å². The van der Waals surface area contributed by atoms with Gasteiger partial charge in [0.05, 0.1) is 10.5 Å². The van der Waals surface area contributed by atoms with Crippen molar-refractivity contribution in [1.82, 2.24) is 0 Å². The molecule has 0 saturated heterocycles. The summed E-state index contributed by atoms with van der Waals surface area (Å²) in [6.07, 6.45) is -4.60. The average molecular weight is 365 g/mol. The van der Waals surface area contributed by atoms with Crippen LogP contribution in [0.3, 0.4) is 0 Å². The molecule has 0 aliphatic rings. The molecule has 0 aliphatic heterocycles. The van der Waals surface area contributed by atoms with E-state index in [4.69, 9.17) is 5.14 Å². The molecule has 0 amide bonds. The Bertz CT molecular complexity index is 525. The summed E-state index contributed by atoms with van der Waals surface area (Å²) >= 11 is 1.33. The molecule has 2 N–H and O–H groups in total. The Morgan fingerprint density at radius 3 is 2.19 bits per heavy atom. The van der Waals surface area contributed by atoms with E-state index in [9.17, 15) is 21.6 Å². The topological polar surface area (TPSA) is 60.2 Å². The van der Waals surface area contributed by atoms with Crippen molar-refractivity contribution in [2.45, 2.75) is 18.0 Å². The molecule has 1 aromatic carbocycles. The molecule has 0 unspecified atom stereocenters. The number of hydrogen-bond acceptors (Lipinski definition) is 2. The van der Waals surface area contributed by atoms with E-state index in [0.29, 0.717) is 0 Å². The highest BCUT2D eigenvalue weighted by atomic mass is 127. The van der Waals surface area contributed by atoms with Crippen LogP contribution in [0, 0.1) is 10.5 Å². The van der Waals surface area contributed by atoms with Gasteiger partial charge in [0.1, 0.15) is 0 Å². The summed E-state index contributed by atoms with van der Waals surface area (Å²) in [7, 11) is -4.15. The fraction of sp³-hybridized carbons (Fsp3) is 0.250. The number of nitrogens with two attached hydrogens (primary N) is 1. The van der Waals surface area contributed by atoms with Crippen molar-refractivity contribution in [3.63, 3.8) is 0 Å². The molecule has 0 radical (unpaired) electrons. The molecule has 0 aromatic heterocycles. The zero-order chi connectivity index (χ0) is 12.7. The summed E-state index contributed by atoms with van der Waals surface area (Å²) in [6.45, 7) is 1.38. The number of hydrogen-bond donors (Lipinski definition) is 1. The Morgan fingerprint density at radius 1 is 1.31 bits per heavy atom. The van der Waals surface area contributed by atoms with Gasteiger partial charge in [-0.15, -0.1) is 0 Å². The largest absolute Gasteiger partial charge is 0.417 e. The summed E-state index contributed by atoms with van der Waals surface area (Å²) in [5.74, 6) is 0. The molecule has 0 spiro atoms. The van der Waals surface area contributed by atoms with Crippen LogP contribution in [0.4, 0.5) is 13.2 Å². The number of rotatable bonds is 1. The van der Waals surface area contributed by atoms with Crippen LogP contribution in [-0.2, 0) is 16.2 Å². The van der Waals surface area contributed by atoms with Gasteiger partial charge < -0.3 is 0 Å². The van der Waals surface area contributed by atoms with Crippen molar-refractivity contribution in [2.24, 2.45) is 5.14 Å². The first-order chi connectivity index (χ1) is 7.03. The lowest BCUT2D eigenvalue weighted by molar-refractivity contribution is -0.138. The highest BCUT2D eigenvalue weighted by molar-refractivity contribution is 14.1. The Kier molecular flexibility index (Phi) is 3.56. The molecule has 0 saturated carbocycles. The Balaban J connectivity index is 3.64. The van der Waals surface area contributed by atoms with Crippen LogP contribution in [0.25, 0.3) is 0 Å². The van der Waals surface area contributed by atoms with Gasteiger partial charge in [0.2, 0.25) is 10.0 Å². The van der Waals surface area contributed by atoms with Crippen LogP contribution >= 0.6 is 22.6 Å². The predicted molar refractivity (Wildman–Crippen MR) is 60.3 cm³/mol. The Morgan fingerprint density at radius 2 is 1.81 bits per heavy atom. The van der Waals surface area contributed by atoms with Crippen LogP contribution in [0.1, 0.15) is 11.1 Å². The molecular weight excluding hydrogens is 358 g/mol. The van der Waals surface area contributed by atoms with Crippen LogP contribution in [0.2, 0.25) is 0 Å². The molecule has 16 heavy (non-hydrogen) atoms. The van der Waals surface area contributed by atoms with Crippen molar-refractivity contribution >= 4 is 32.6 Å². The number of benzene rings is 1. The predicted octanol–water partition coefficient (Wildman–Crippen LogP) is 2.27. The van der Waals surface area contributed by atoms with E-state index in [2.05, 4.69) is 0 Å². The van der Waals surface area contributed by atoms with Gasteiger partial charge in [-0.1, -0.05) is 0 Å². The third-order valence-corrected chi connectivity index (χ3v) is 4.26. The SMILES string of the molecule is Cc1cc(C(F)(F)F)c(I)c(S(N)(=O)=O)c1. The quantitative estimate of drug-likeness (QED) is 0.777. The minimum absolute atomic E-state index is 0.191. The normalized spacial score (nSPS) is 12.9. The fourth-order valence-electron chi connectivity index (χ4n) is 1.15. The summed E-state index contributed by atoms with van der Waals surface area (Å²) in [5.41, 5.74) is -0.797. The number of primary sulfonamides is 1. The van der Waals surface area contributed by atoms with Gasteiger partial charge in [0.15, 0.2) is 0 Å². The first-order valence-corrected chi connectivity index (χ1v) is 6.56. The highest BCUT2D eigenvalue weighted by Crippen LogP contribution is 2.36. The lowest BCUT2D eigenvalue weighted by atomic mass is 10.1. The van der Waals surface area contributed by atoms with E-state index in [1.54, 1.807) is 0 Å². The molecule has 90 valence electrons. The maximum Gasteiger partial charge on any atom is 0.417 e. The van der Waals surface area contributed by atoms with Crippen molar-refractivity contribution in [3.8, 4) is 0 Å². The van der Waals surface area contributed by atoms with E-state index >= 15 is 0 Å². The van der Waals surface area contributed by atoms with Gasteiger partial charge in [-0.3, -0.25) is 0 Å². The molecule has 0 bridgehead atoms. The maximum atomic E-state index is 12.6. The number of alkyl halides is 3. The highest BCUT2D eigenvalue weighted by Gasteiger charge is 2.35. The van der Waals surface area contributed by atoms with Gasteiger partial charge in [-0.05, 0) is 47.2 Å². The third kappa shape index (κ3) is 2.86. The lowest BCUT2D eigenvalue weighted by Crippen LogP contribution is -2.17. The van der Waals surface area contributed by atoms with E-state index in [1.165, 1.54) is 29.5 Å². The van der Waals surface area contributed by atoms with Crippen LogP contribution in [0.15, 0.2) is 17.0 Å². The average Bonchev–Trinajstić information content (AvgIpc) is 2.04. The van der Waals surface area contributed by atoms with Gasteiger partial charge in [0.25, 0.3) is 0 Å². The summed E-state index contributed by atoms with van der Waals surface area (Å²) in [5, 5.41) is 4.84. The molecule has 0 heterocycles. The second kappa shape index (κ2) is 4.15. The van der Waals surface area contributed by atoms with Crippen LogP contribution < -0.4 is 5.14 Å². The molecule has 0 fully saturated rings.